The fourth-order valence-electron chi connectivity index (χ4n) is 2.66. The van der Waals surface area contributed by atoms with Crippen molar-refractivity contribution >= 4 is 15.5 Å². The van der Waals surface area contributed by atoms with E-state index in [1.165, 1.54) is 0 Å². The molecule has 1 saturated heterocycles. The van der Waals surface area contributed by atoms with Crippen LogP contribution in [0.3, 0.4) is 0 Å². The maximum Gasteiger partial charge on any atom is 0.178 e. The molecular weight excluding hydrogens is 286 g/mol. The zero-order chi connectivity index (χ0) is 15.3. The number of nitrogens with zero attached hydrogens (tertiary/aromatic N) is 2. The maximum absolute atomic E-state index is 12.0. The zero-order valence-corrected chi connectivity index (χ0v) is 13.5. The van der Waals surface area contributed by atoms with Crippen LogP contribution in [-0.2, 0) is 9.84 Å². The highest BCUT2D eigenvalue weighted by molar-refractivity contribution is 7.91. The van der Waals surface area contributed by atoms with E-state index in [0.717, 1.165) is 38.4 Å². The highest BCUT2D eigenvalue weighted by Crippen LogP contribution is 2.20. The van der Waals surface area contributed by atoms with Gasteiger partial charge in [0.1, 0.15) is 0 Å². The second kappa shape index (κ2) is 7.24. The first-order valence-corrected chi connectivity index (χ1v) is 9.22. The Kier molecular flexibility index (Phi) is 5.61. The summed E-state index contributed by atoms with van der Waals surface area (Å²) in [5.74, 6) is 0.212. The van der Waals surface area contributed by atoms with Crippen molar-refractivity contribution in [1.82, 2.24) is 4.90 Å². The van der Waals surface area contributed by atoms with E-state index in [-0.39, 0.29) is 5.75 Å². The topological polar surface area (TPSA) is 66.6 Å². The molecule has 1 fully saturated rings. The molecule has 0 atom stereocenters. The van der Waals surface area contributed by atoms with Gasteiger partial charge in [0, 0.05) is 45.0 Å². The summed E-state index contributed by atoms with van der Waals surface area (Å²) in [5, 5.41) is 0. The van der Waals surface area contributed by atoms with Crippen molar-refractivity contribution in [3.63, 3.8) is 0 Å². The average molecular weight is 311 g/mol. The van der Waals surface area contributed by atoms with Crippen LogP contribution in [0.5, 0.6) is 0 Å². The lowest BCUT2D eigenvalue weighted by Gasteiger charge is -2.35. The third-order valence-corrected chi connectivity index (χ3v) is 5.79. The van der Waals surface area contributed by atoms with Gasteiger partial charge in [0.05, 0.1) is 10.6 Å². The van der Waals surface area contributed by atoms with Crippen molar-refractivity contribution in [2.24, 2.45) is 5.73 Å². The molecule has 0 unspecified atom stereocenters. The zero-order valence-electron chi connectivity index (χ0n) is 12.7. The quantitative estimate of drug-likeness (QED) is 0.847. The molecule has 21 heavy (non-hydrogen) atoms. The van der Waals surface area contributed by atoms with Gasteiger partial charge in [-0.1, -0.05) is 6.92 Å². The number of hydrogen-bond donors (Lipinski definition) is 1. The lowest BCUT2D eigenvalue weighted by atomic mass is 10.2. The van der Waals surface area contributed by atoms with Gasteiger partial charge in [-0.2, -0.15) is 0 Å². The van der Waals surface area contributed by atoms with E-state index in [1.807, 2.05) is 19.1 Å². The molecule has 0 aromatic heterocycles. The van der Waals surface area contributed by atoms with Crippen molar-refractivity contribution in [3.8, 4) is 0 Å². The summed E-state index contributed by atoms with van der Waals surface area (Å²) >= 11 is 0. The molecule has 2 rings (SSSR count). The summed E-state index contributed by atoms with van der Waals surface area (Å²) in [5.41, 5.74) is 6.67. The fraction of sp³-hybridized carbons (Fsp3) is 0.600. The summed E-state index contributed by atoms with van der Waals surface area (Å²) in [6, 6.07) is 7.29. The third-order valence-electron chi connectivity index (χ3n) is 3.85. The van der Waals surface area contributed by atoms with Crippen molar-refractivity contribution in [2.45, 2.75) is 18.2 Å². The molecule has 0 spiro atoms. The third kappa shape index (κ3) is 4.18. The van der Waals surface area contributed by atoms with Gasteiger partial charge in [-0.3, -0.25) is 4.90 Å². The summed E-state index contributed by atoms with van der Waals surface area (Å²) in [4.78, 5) is 5.08. The molecule has 1 aromatic rings. The van der Waals surface area contributed by atoms with Crippen LogP contribution in [-0.4, -0.2) is 58.3 Å². The van der Waals surface area contributed by atoms with Gasteiger partial charge < -0.3 is 10.6 Å². The number of piperazine rings is 1. The van der Waals surface area contributed by atoms with E-state index in [2.05, 4.69) is 9.80 Å². The van der Waals surface area contributed by atoms with Gasteiger partial charge in [0.2, 0.25) is 0 Å². The molecular formula is C15H25N3O2S. The standard InChI is InChI=1S/C15H25N3O2S/c1-2-13-21(19,20)15-5-3-14(4-6-15)18-11-9-17(8-7-16)10-12-18/h3-6H,2,7-13,16H2,1H3. The van der Waals surface area contributed by atoms with E-state index in [1.54, 1.807) is 12.1 Å². The van der Waals surface area contributed by atoms with E-state index in [0.29, 0.717) is 17.9 Å². The molecule has 0 aliphatic carbocycles. The van der Waals surface area contributed by atoms with Gasteiger partial charge in [-0.15, -0.1) is 0 Å². The first kappa shape index (κ1) is 16.3. The lowest BCUT2D eigenvalue weighted by molar-refractivity contribution is 0.265. The Morgan fingerprint density at radius 2 is 1.71 bits per heavy atom. The minimum atomic E-state index is -3.11. The highest BCUT2D eigenvalue weighted by Gasteiger charge is 2.18. The minimum absolute atomic E-state index is 0.212. The number of anilines is 1. The molecule has 0 saturated carbocycles. The second-order valence-corrected chi connectivity index (χ2v) is 7.54. The molecule has 1 heterocycles. The Morgan fingerprint density at radius 3 is 2.24 bits per heavy atom. The summed E-state index contributed by atoms with van der Waals surface area (Å²) in [6.07, 6.45) is 0.646. The van der Waals surface area contributed by atoms with Crippen molar-refractivity contribution in [1.29, 1.82) is 0 Å². The largest absolute Gasteiger partial charge is 0.369 e. The Balaban J connectivity index is 2.00. The Morgan fingerprint density at radius 1 is 1.10 bits per heavy atom. The smallest absolute Gasteiger partial charge is 0.178 e. The number of rotatable bonds is 6. The van der Waals surface area contributed by atoms with E-state index < -0.39 is 9.84 Å². The molecule has 2 N–H and O–H groups in total. The second-order valence-electron chi connectivity index (χ2n) is 5.43. The van der Waals surface area contributed by atoms with E-state index in [4.69, 9.17) is 5.73 Å². The summed E-state index contributed by atoms with van der Waals surface area (Å²) < 4.78 is 24.0. The first-order valence-electron chi connectivity index (χ1n) is 7.57. The predicted octanol–water partition coefficient (Wildman–Crippen LogP) is 0.951. The summed E-state index contributed by atoms with van der Waals surface area (Å²) in [7, 11) is -3.11. The normalized spacial score (nSPS) is 17.1. The highest BCUT2D eigenvalue weighted by atomic mass is 32.2. The van der Waals surface area contributed by atoms with Gasteiger partial charge in [0.15, 0.2) is 9.84 Å². The van der Waals surface area contributed by atoms with Crippen LogP contribution >= 0.6 is 0 Å². The monoisotopic (exact) mass is 311 g/mol. The molecule has 1 aromatic carbocycles. The average Bonchev–Trinajstić information content (AvgIpc) is 2.48. The van der Waals surface area contributed by atoms with Crippen molar-refractivity contribution < 1.29 is 8.42 Å². The molecule has 0 radical (unpaired) electrons. The first-order chi connectivity index (χ1) is 10.1. The van der Waals surface area contributed by atoms with Crippen molar-refractivity contribution in [3.05, 3.63) is 24.3 Å². The SMILES string of the molecule is CCCS(=O)(=O)c1ccc(N2CCN(CCN)CC2)cc1. The van der Waals surface area contributed by atoms with E-state index in [9.17, 15) is 8.42 Å². The molecule has 0 bridgehead atoms. The van der Waals surface area contributed by atoms with Crippen LogP contribution in [0.2, 0.25) is 0 Å². The maximum atomic E-state index is 12.0. The van der Waals surface area contributed by atoms with Crippen LogP contribution < -0.4 is 10.6 Å². The molecule has 1 aliphatic rings. The molecule has 0 amide bonds. The van der Waals surface area contributed by atoms with E-state index >= 15 is 0 Å². The van der Waals surface area contributed by atoms with Gasteiger partial charge in [-0.25, -0.2) is 8.42 Å². The lowest BCUT2D eigenvalue weighted by Crippen LogP contribution is -2.47. The van der Waals surface area contributed by atoms with Gasteiger partial charge in [0.25, 0.3) is 0 Å². The molecule has 1 aliphatic heterocycles. The summed E-state index contributed by atoms with van der Waals surface area (Å²) in [6.45, 7) is 7.46. The number of sulfone groups is 1. The van der Waals surface area contributed by atoms with Crippen LogP contribution in [0, 0.1) is 0 Å². The number of nitrogens with two attached hydrogens (primary N) is 1. The Labute approximate surface area is 127 Å². The minimum Gasteiger partial charge on any atom is -0.369 e. The molecule has 118 valence electrons. The predicted molar refractivity (Wildman–Crippen MR) is 86.5 cm³/mol. The molecule has 6 heteroatoms. The van der Waals surface area contributed by atoms with Crippen LogP contribution in [0.25, 0.3) is 0 Å². The Bertz CT molecular complexity index is 535. The van der Waals surface area contributed by atoms with Gasteiger partial charge in [-0.05, 0) is 30.7 Å². The van der Waals surface area contributed by atoms with Crippen LogP contribution in [0.4, 0.5) is 5.69 Å². The van der Waals surface area contributed by atoms with Crippen molar-refractivity contribution in [2.75, 3.05) is 49.9 Å². The number of hydrogen-bond acceptors (Lipinski definition) is 5. The van der Waals surface area contributed by atoms with Crippen LogP contribution in [0.15, 0.2) is 29.2 Å². The fourth-order valence-corrected chi connectivity index (χ4v) is 3.99. The molecule has 5 nitrogen and oxygen atoms in total. The van der Waals surface area contributed by atoms with Crippen LogP contribution in [0.1, 0.15) is 13.3 Å². The number of benzene rings is 1. The Hall–Kier alpha value is -1.11. The van der Waals surface area contributed by atoms with Gasteiger partial charge >= 0.3 is 0 Å².